The average Bonchev–Trinajstić information content (AvgIpc) is 3.01. The van der Waals surface area contributed by atoms with E-state index in [1.165, 1.54) is 0 Å². The fraction of sp³-hybridized carbons (Fsp3) is 0.158. The molecule has 2 aromatic carbocycles. The number of nitrogens with zero attached hydrogens (tertiary/aromatic N) is 4. The molecule has 2 aromatic heterocycles. The summed E-state index contributed by atoms with van der Waals surface area (Å²) in [6, 6.07) is 14.9. The third-order valence-electron chi connectivity index (χ3n) is 4.28. The molecule has 0 aliphatic rings. The molecule has 4 rings (SSSR count). The van der Waals surface area contributed by atoms with E-state index in [4.69, 9.17) is 0 Å². The molecule has 0 radical (unpaired) electrons. The molecule has 130 valence electrons. The number of para-hydroxylation sites is 2. The highest BCUT2D eigenvalue weighted by Crippen LogP contribution is 2.19. The summed E-state index contributed by atoms with van der Waals surface area (Å²) in [6.45, 7) is 2.49. The zero-order valence-corrected chi connectivity index (χ0v) is 14.2. The van der Waals surface area contributed by atoms with Gasteiger partial charge in [-0.25, -0.2) is 9.67 Å². The van der Waals surface area contributed by atoms with Gasteiger partial charge in [-0.1, -0.05) is 30.3 Å². The standard InChI is InChI=1S/C19H17N5O2/c1-2-23-16-10-6-5-9-15(16)21-19(23)22-17(25)12-24-18(26)14-8-4-3-7-13(14)11-20-24/h3-11H,2,12H2,1H3,(H,21,22,25). The maximum absolute atomic E-state index is 12.5. The molecule has 7 heteroatoms. The number of imidazole rings is 1. The lowest BCUT2D eigenvalue weighted by molar-refractivity contribution is -0.117. The van der Waals surface area contributed by atoms with Gasteiger partial charge in [0.25, 0.3) is 5.56 Å². The largest absolute Gasteiger partial charge is 0.310 e. The first-order valence-electron chi connectivity index (χ1n) is 8.37. The van der Waals surface area contributed by atoms with Crippen molar-refractivity contribution >= 4 is 33.7 Å². The fourth-order valence-corrected chi connectivity index (χ4v) is 3.03. The SMILES string of the molecule is CCn1c(NC(=O)Cn2ncc3ccccc3c2=O)nc2ccccc21. The number of hydrogen-bond acceptors (Lipinski definition) is 4. The van der Waals surface area contributed by atoms with Gasteiger partial charge in [-0.2, -0.15) is 5.10 Å². The molecule has 7 nitrogen and oxygen atoms in total. The molecule has 4 aromatic rings. The first-order chi connectivity index (χ1) is 12.7. The minimum absolute atomic E-state index is 0.170. The fourth-order valence-electron chi connectivity index (χ4n) is 3.03. The summed E-state index contributed by atoms with van der Waals surface area (Å²) < 4.78 is 3.08. The monoisotopic (exact) mass is 347 g/mol. The molecule has 0 aliphatic carbocycles. The van der Waals surface area contributed by atoms with Crippen LogP contribution in [0.3, 0.4) is 0 Å². The van der Waals surface area contributed by atoms with Crippen LogP contribution in [-0.4, -0.2) is 25.2 Å². The van der Waals surface area contributed by atoms with E-state index in [1.54, 1.807) is 18.3 Å². The zero-order chi connectivity index (χ0) is 18.1. The number of rotatable bonds is 4. The lowest BCUT2D eigenvalue weighted by atomic mass is 10.2. The number of carbonyl (C=O) groups is 1. The van der Waals surface area contributed by atoms with Crippen molar-refractivity contribution in [1.29, 1.82) is 0 Å². The Bertz CT molecular complexity index is 1180. The lowest BCUT2D eigenvalue weighted by Gasteiger charge is -2.09. The van der Waals surface area contributed by atoms with Crippen LogP contribution >= 0.6 is 0 Å². The van der Waals surface area contributed by atoms with Crippen LogP contribution in [-0.2, 0) is 17.9 Å². The number of anilines is 1. The predicted molar refractivity (Wildman–Crippen MR) is 100 cm³/mol. The quantitative estimate of drug-likeness (QED) is 0.615. The first kappa shape index (κ1) is 16.0. The van der Waals surface area contributed by atoms with E-state index in [2.05, 4.69) is 15.4 Å². The van der Waals surface area contributed by atoms with Crippen molar-refractivity contribution in [3.05, 3.63) is 65.1 Å². The van der Waals surface area contributed by atoms with Crippen molar-refractivity contribution in [3.8, 4) is 0 Å². The van der Waals surface area contributed by atoms with Gasteiger partial charge in [-0.05, 0) is 25.1 Å². The number of fused-ring (bicyclic) bond motifs is 2. The number of benzene rings is 2. The smallest absolute Gasteiger partial charge is 0.275 e. The molecule has 1 N–H and O–H groups in total. The summed E-state index contributed by atoms with van der Waals surface area (Å²) in [5, 5.41) is 8.17. The molecule has 1 amide bonds. The van der Waals surface area contributed by atoms with Gasteiger partial charge in [0.05, 0.1) is 22.6 Å². The van der Waals surface area contributed by atoms with Gasteiger partial charge in [0.2, 0.25) is 11.9 Å². The Morgan fingerprint density at radius 3 is 2.73 bits per heavy atom. The molecule has 0 saturated carbocycles. The first-order valence-corrected chi connectivity index (χ1v) is 8.37. The Balaban J connectivity index is 1.62. The Labute approximate surface area is 148 Å². The van der Waals surface area contributed by atoms with E-state index in [0.29, 0.717) is 17.9 Å². The van der Waals surface area contributed by atoms with Crippen molar-refractivity contribution in [2.24, 2.45) is 0 Å². The summed E-state index contributed by atoms with van der Waals surface area (Å²) in [6.07, 6.45) is 1.59. The molecule has 0 saturated heterocycles. The zero-order valence-electron chi connectivity index (χ0n) is 14.2. The van der Waals surface area contributed by atoms with Crippen LogP contribution in [0, 0.1) is 0 Å². The number of carbonyl (C=O) groups excluding carboxylic acids is 1. The van der Waals surface area contributed by atoms with Gasteiger partial charge in [0.15, 0.2) is 0 Å². The van der Waals surface area contributed by atoms with Crippen LogP contribution in [0.15, 0.2) is 59.5 Å². The maximum Gasteiger partial charge on any atom is 0.275 e. The van der Waals surface area contributed by atoms with E-state index in [0.717, 1.165) is 21.1 Å². The predicted octanol–water partition coefficient (Wildman–Crippen LogP) is 2.40. The summed E-state index contributed by atoms with van der Waals surface area (Å²) >= 11 is 0. The molecule has 0 bridgehead atoms. The van der Waals surface area contributed by atoms with Crippen molar-refractivity contribution in [2.75, 3.05) is 5.32 Å². The van der Waals surface area contributed by atoms with Gasteiger partial charge in [-0.15, -0.1) is 0 Å². The van der Waals surface area contributed by atoms with Crippen LogP contribution in [0.5, 0.6) is 0 Å². The van der Waals surface area contributed by atoms with E-state index >= 15 is 0 Å². The second-order valence-electron chi connectivity index (χ2n) is 5.91. The summed E-state index contributed by atoms with van der Waals surface area (Å²) in [5.74, 6) is 0.118. The van der Waals surface area contributed by atoms with Crippen LogP contribution in [0.25, 0.3) is 21.8 Å². The topological polar surface area (TPSA) is 81.8 Å². The van der Waals surface area contributed by atoms with Crippen molar-refractivity contribution < 1.29 is 4.79 Å². The Morgan fingerprint density at radius 1 is 1.12 bits per heavy atom. The van der Waals surface area contributed by atoms with Gasteiger partial charge in [-0.3, -0.25) is 14.9 Å². The summed E-state index contributed by atoms with van der Waals surface area (Å²) in [5.41, 5.74) is 1.47. The van der Waals surface area contributed by atoms with Crippen molar-refractivity contribution in [1.82, 2.24) is 19.3 Å². The third-order valence-corrected chi connectivity index (χ3v) is 4.28. The minimum Gasteiger partial charge on any atom is -0.310 e. The summed E-state index contributed by atoms with van der Waals surface area (Å²) in [4.78, 5) is 29.4. The number of aromatic nitrogens is 4. The Kier molecular flexibility index (Phi) is 3.96. The van der Waals surface area contributed by atoms with Gasteiger partial charge in [0, 0.05) is 11.9 Å². The van der Waals surface area contributed by atoms with E-state index in [9.17, 15) is 9.59 Å². The highest BCUT2D eigenvalue weighted by atomic mass is 16.2. The lowest BCUT2D eigenvalue weighted by Crippen LogP contribution is -2.30. The van der Waals surface area contributed by atoms with Gasteiger partial charge in [0.1, 0.15) is 6.54 Å². The van der Waals surface area contributed by atoms with Crippen molar-refractivity contribution in [2.45, 2.75) is 20.0 Å². The number of aryl methyl sites for hydroxylation is 1. The summed E-state index contributed by atoms with van der Waals surface area (Å²) in [7, 11) is 0. The highest BCUT2D eigenvalue weighted by Gasteiger charge is 2.14. The van der Waals surface area contributed by atoms with Gasteiger partial charge < -0.3 is 4.57 Å². The van der Waals surface area contributed by atoms with Crippen LogP contribution in [0.1, 0.15) is 6.92 Å². The Hall–Kier alpha value is -3.48. The van der Waals surface area contributed by atoms with E-state index in [1.807, 2.05) is 47.9 Å². The third kappa shape index (κ3) is 2.73. The number of hydrogen-bond donors (Lipinski definition) is 1. The molecule has 0 aliphatic heterocycles. The molecule has 0 unspecified atom stereocenters. The van der Waals surface area contributed by atoms with Crippen molar-refractivity contribution in [3.63, 3.8) is 0 Å². The number of amides is 1. The molecule has 0 spiro atoms. The second kappa shape index (κ2) is 6.44. The molecule has 0 atom stereocenters. The van der Waals surface area contributed by atoms with Crippen LogP contribution in [0.4, 0.5) is 5.95 Å². The normalized spacial score (nSPS) is 11.1. The molecular weight excluding hydrogens is 330 g/mol. The van der Waals surface area contributed by atoms with Gasteiger partial charge >= 0.3 is 0 Å². The minimum atomic E-state index is -0.347. The van der Waals surface area contributed by atoms with E-state index in [-0.39, 0.29) is 18.0 Å². The maximum atomic E-state index is 12.5. The molecule has 2 heterocycles. The number of nitrogens with one attached hydrogen (secondary N) is 1. The molecule has 0 fully saturated rings. The van der Waals surface area contributed by atoms with Crippen LogP contribution < -0.4 is 10.9 Å². The highest BCUT2D eigenvalue weighted by molar-refractivity contribution is 5.91. The second-order valence-corrected chi connectivity index (χ2v) is 5.91. The molecule has 26 heavy (non-hydrogen) atoms. The molecular formula is C19H17N5O2. The van der Waals surface area contributed by atoms with Crippen LogP contribution in [0.2, 0.25) is 0 Å². The Morgan fingerprint density at radius 2 is 1.88 bits per heavy atom. The average molecular weight is 347 g/mol. The van der Waals surface area contributed by atoms with E-state index < -0.39 is 0 Å².